The molecular weight excluding hydrogens is 530 g/mol. The molecule has 2 aromatic heterocycles. The van der Waals surface area contributed by atoms with Crippen molar-refractivity contribution in [3.8, 4) is 17.2 Å². The monoisotopic (exact) mass is 551 g/mol. The maximum absolute atomic E-state index is 5.30. The maximum atomic E-state index is 5.30. The van der Waals surface area contributed by atoms with E-state index in [0.29, 0.717) is 0 Å². The Balaban J connectivity index is 1.61. The molecule has 3 nitrogen and oxygen atoms in total. The van der Waals surface area contributed by atoms with Gasteiger partial charge in [0.1, 0.15) is 0 Å². The minimum absolute atomic E-state index is 0.719. The third kappa shape index (κ3) is 3.07. The average Bonchev–Trinajstić information content (AvgIpc) is 3.34. The first kappa shape index (κ1) is 21.8. The highest BCUT2D eigenvalue weighted by atomic mass is 79.9. The van der Waals surface area contributed by atoms with E-state index >= 15 is 0 Å². The first-order valence-electron chi connectivity index (χ1n) is 12.9. The summed E-state index contributed by atoms with van der Waals surface area (Å²) in [6.07, 6.45) is 6.32. The van der Waals surface area contributed by atoms with Gasteiger partial charge in [-0.1, -0.05) is 113 Å². The number of aryl methyl sites for hydroxylation is 1. The predicted octanol–water partition coefficient (Wildman–Crippen LogP) is 9.27. The van der Waals surface area contributed by atoms with Gasteiger partial charge in [0.25, 0.3) is 0 Å². The van der Waals surface area contributed by atoms with Gasteiger partial charge in [0.2, 0.25) is 5.95 Å². The molecule has 0 radical (unpaired) electrons. The topological polar surface area (TPSA) is 30.7 Å². The Hall–Kier alpha value is -4.28. The summed E-state index contributed by atoms with van der Waals surface area (Å²) in [6, 6.07) is 34.3. The molecular formula is C34H22BrN3. The third-order valence-corrected chi connectivity index (χ3v) is 8.36. The van der Waals surface area contributed by atoms with Crippen LogP contribution in [-0.2, 0) is 6.42 Å². The van der Waals surface area contributed by atoms with E-state index in [0.717, 1.165) is 56.8 Å². The number of hydrogen-bond donors (Lipinski definition) is 0. The van der Waals surface area contributed by atoms with Crippen LogP contribution < -0.4 is 0 Å². The number of halogens is 1. The van der Waals surface area contributed by atoms with E-state index in [-0.39, 0.29) is 0 Å². The van der Waals surface area contributed by atoms with Crippen LogP contribution >= 0.6 is 15.9 Å². The highest BCUT2D eigenvalue weighted by molar-refractivity contribution is 9.10. The first-order chi connectivity index (χ1) is 18.8. The smallest absolute Gasteiger partial charge is 0.235 e. The van der Waals surface area contributed by atoms with E-state index in [1.165, 1.54) is 32.3 Å². The zero-order valence-electron chi connectivity index (χ0n) is 20.5. The van der Waals surface area contributed by atoms with Crippen molar-refractivity contribution in [1.29, 1.82) is 0 Å². The minimum Gasteiger partial charge on any atom is -0.277 e. The molecule has 0 N–H and O–H groups in total. The Morgan fingerprint density at radius 3 is 2.18 bits per heavy atom. The fourth-order valence-electron chi connectivity index (χ4n) is 6.09. The lowest BCUT2D eigenvalue weighted by molar-refractivity contribution is 0.878. The van der Waals surface area contributed by atoms with Gasteiger partial charge >= 0.3 is 0 Å². The van der Waals surface area contributed by atoms with Crippen molar-refractivity contribution < 1.29 is 0 Å². The van der Waals surface area contributed by atoms with Crippen molar-refractivity contribution >= 4 is 65.4 Å². The predicted molar refractivity (Wildman–Crippen MR) is 162 cm³/mol. The van der Waals surface area contributed by atoms with Crippen LogP contribution in [0.3, 0.4) is 0 Å². The molecule has 0 atom stereocenters. The SMILES string of the molecule is Brc1cccc2c1c1c3ccccc3c3ccccc3c1n2-c1nc2c(c(-c3ccccc3)n1)C=CCC2. The van der Waals surface area contributed by atoms with Crippen LogP contribution in [-0.4, -0.2) is 14.5 Å². The standard InChI is InChI=1S/C34H22BrN3/c35-27-18-10-20-29-31(27)30-24-15-6-4-13-22(24)23-14-5-7-16-25(23)33(30)38(29)34-36-28-19-9-8-17-26(28)32(37-34)21-11-2-1-3-12-21/h1-8,10-18,20H,9,19H2. The summed E-state index contributed by atoms with van der Waals surface area (Å²) >= 11 is 3.90. The molecule has 0 fully saturated rings. The number of fused-ring (bicyclic) bond motifs is 9. The Morgan fingerprint density at radius 2 is 1.37 bits per heavy atom. The molecule has 0 amide bonds. The Labute approximate surface area is 228 Å². The van der Waals surface area contributed by atoms with Crippen LogP contribution in [0, 0.1) is 0 Å². The van der Waals surface area contributed by atoms with Crippen LogP contribution in [0.15, 0.2) is 108 Å². The molecule has 2 heterocycles. The molecule has 1 aliphatic carbocycles. The molecule has 5 aromatic carbocycles. The molecule has 0 aliphatic heterocycles. The zero-order valence-corrected chi connectivity index (χ0v) is 22.1. The summed E-state index contributed by atoms with van der Waals surface area (Å²) in [6.45, 7) is 0. The van der Waals surface area contributed by atoms with E-state index in [1.54, 1.807) is 0 Å². The normalized spacial score (nSPS) is 13.1. The highest BCUT2D eigenvalue weighted by Crippen LogP contribution is 2.44. The summed E-state index contributed by atoms with van der Waals surface area (Å²) in [5.41, 5.74) is 6.57. The molecule has 8 rings (SSSR count). The van der Waals surface area contributed by atoms with Gasteiger partial charge in [-0.05, 0) is 41.1 Å². The van der Waals surface area contributed by atoms with Gasteiger partial charge < -0.3 is 0 Å². The van der Waals surface area contributed by atoms with Crippen LogP contribution in [0.1, 0.15) is 17.7 Å². The van der Waals surface area contributed by atoms with Gasteiger partial charge in [-0.25, -0.2) is 9.97 Å². The largest absolute Gasteiger partial charge is 0.277 e. The Kier molecular flexibility index (Phi) is 4.79. The quantitative estimate of drug-likeness (QED) is 0.200. The molecule has 1 aliphatic rings. The lowest BCUT2D eigenvalue weighted by Crippen LogP contribution is -2.10. The molecule has 0 unspecified atom stereocenters. The van der Waals surface area contributed by atoms with E-state index in [2.05, 4.69) is 130 Å². The van der Waals surface area contributed by atoms with E-state index < -0.39 is 0 Å². The first-order valence-corrected chi connectivity index (χ1v) is 13.7. The Morgan fingerprint density at radius 1 is 0.658 bits per heavy atom. The van der Waals surface area contributed by atoms with E-state index in [1.807, 2.05) is 0 Å². The van der Waals surface area contributed by atoms with Crippen LogP contribution in [0.5, 0.6) is 0 Å². The van der Waals surface area contributed by atoms with Crippen molar-refractivity contribution in [2.45, 2.75) is 12.8 Å². The van der Waals surface area contributed by atoms with Crippen molar-refractivity contribution in [2.75, 3.05) is 0 Å². The molecule has 38 heavy (non-hydrogen) atoms. The fourth-order valence-corrected chi connectivity index (χ4v) is 6.64. The summed E-state index contributed by atoms with van der Waals surface area (Å²) in [5, 5.41) is 7.34. The molecule has 180 valence electrons. The van der Waals surface area contributed by atoms with E-state index in [9.17, 15) is 0 Å². The molecule has 0 saturated heterocycles. The van der Waals surface area contributed by atoms with Crippen LogP contribution in [0.2, 0.25) is 0 Å². The number of aromatic nitrogens is 3. The van der Waals surface area contributed by atoms with Crippen LogP contribution in [0.25, 0.3) is 66.6 Å². The maximum Gasteiger partial charge on any atom is 0.235 e. The van der Waals surface area contributed by atoms with Gasteiger partial charge in [0.05, 0.1) is 22.4 Å². The zero-order chi connectivity index (χ0) is 25.2. The van der Waals surface area contributed by atoms with Gasteiger partial charge in [-0.3, -0.25) is 4.57 Å². The minimum atomic E-state index is 0.719. The van der Waals surface area contributed by atoms with Gasteiger partial charge in [-0.2, -0.15) is 0 Å². The van der Waals surface area contributed by atoms with Crippen molar-refractivity contribution in [1.82, 2.24) is 14.5 Å². The van der Waals surface area contributed by atoms with Gasteiger partial charge in [0.15, 0.2) is 0 Å². The lowest BCUT2D eigenvalue weighted by Gasteiger charge is -2.17. The Bertz CT molecular complexity index is 2090. The second-order valence-corrected chi connectivity index (χ2v) is 10.7. The summed E-state index contributed by atoms with van der Waals surface area (Å²) in [5.74, 6) is 0.719. The second-order valence-electron chi connectivity index (χ2n) is 9.82. The summed E-state index contributed by atoms with van der Waals surface area (Å²) in [4.78, 5) is 10.5. The molecule has 0 saturated carbocycles. The van der Waals surface area contributed by atoms with Crippen molar-refractivity contribution in [2.24, 2.45) is 0 Å². The molecule has 7 aromatic rings. The summed E-state index contributed by atoms with van der Waals surface area (Å²) < 4.78 is 3.36. The summed E-state index contributed by atoms with van der Waals surface area (Å²) in [7, 11) is 0. The lowest BCUT2D eigenvalue weighted by atomic mass is 9.97. The van der Waals surface area contributed by atoms with E-state index in [4.69, 9.17) is 9.97 Å². The molecule has 4 heteroatoms. The average molecular weight is 552 g/mol. The van der Waals surface area contributed by atoms with Gasteiger partial charge in [-0.15, -0.1) is 0 Å². The number of allylic oxidation sites excluding steroid dienone is 1. The number of benzene rings is 5. The highest BCUT2D eigenvalue weighted by Gasteiger charge is 2.23. The number of rotatable bonds is 2. The van der Waals surface area contributed by atoms with Gasteiger partial charge in [0, 0.05) is 31.8 Å². The molecule has 0 spiro atoms. The van der Waals surface area contributed by atoms with Crippen molar-refractivity contribution in [3.63, 3.8) is 0 Å². The third-order valence-electron chi connectivity index (χ3n) is 7.70. The van der Waals surface area contributed by atoms with Crippen LogP contribution in [0.4, 0.5) is 0 Å². The number of nitrogens with zero attached hydrogens (tertiary/aromatic N) is 3. The fraction of sp³-hybridized carbons (Fsp3) is 0.0588. The van der Waals surface area contributed by atoms with Crippen molar-refractivity contribution in [3.05, 3.63) is 119 Å². The second kappa shape index (κ2) is 8.37. The number of hydrogen-bond acceptors (Lipinski definition) is 2. The molecule has 0 bridgehead atoms.